The molecule has 2 fully saturated rings. The number of carbonyl (C=O) groups excluding carboxylic acids is 1. The van der Waals surface area contributed by atoms with Crippen molar-refractivity contribution in [2.45, 2.75) is 31.7 Å². The SMILES string of the molecule is O=C(NC1CCN(S)CC1)N1CCCC1. The van der Waals surface area contributed by atoms with Crippen LogP contribution < -0.4 is 5.32 Å². The van der Waals surface area contributed by atoms with Crippen molar-refractivity contribution in [2.24, 2.45) is 0 Å². The van der Waals surface area contributed by atoms with E-state index in [9.17, 15) is 4.79 Å². The zero-order valence-corrected chi connectivity index (χ0v) is 9.88. The van der Waals surface area contributed by atoms with E-state index in [-0.39, 0.29) is 6.03 Å². The highest BCUT2D eigenvalue weighted by Crippen LogP contribution is 2.13. The van der Waals surface area contributed by atoms with Crippen molar-refractivity contribution in [3.63, 3.8) is 0 Å². The van der Waals surface area contributed by atoms with E-state index in [2.05, 4.69) is 18.1 Å². The zero-order valence-electron chi connectivity index (χ0n) is 8.98. The molecule has 0 bridgehead atoms. The standard InChI is InChI=1S/C10H19N3OS/c14-10(12-5-1-2-6-12)11-9-3-7-13(15)8-4-9/h9,15H,1-8H2,(H,11,14). The maximum absolute atomic E-state index is 11.8. The number of hydrogen-bond acceptors (Lipinski definition) is 3. The molecule has 2 amide bonds. The van der Waals surface area contributed by atoms with Crippen molar-refractivity contribution in [1.82, 2.24) is 14.5 Å². The van der Waals surface area contributed by atoms with E-state index in [0.29, 0.717) is 6.04 Å². The normalized spacial score (nSPS) is 24.5. The molecule has 86 valence electrons. The highest BCUT2D eigenvalue weighted by molar-refractivity contribution is 7.77. The van der Waals surface area contributed by atoms with Crippen molar-refractivity contribution >= 4 is 18.8 Å². The second-order valence-corrected chi connectivity index (χ2v) is 4.94. The molecule has 2 saturated heterocycles. The van der Waals surface area contributed by atoms with Crippen LogP contribution in [0.1, 0.15) is 25.7 Å². The number of thiol groups is 1. The third-order valence-corrected chi connectivity index (χ3v) is 3.59. The van der Waals surface area contributed by atoms with Gasteiger partial charge in [0.15, 0.2) is 0 Å². The lowest BCUT2D eigenvalue weighted by Crippen LogP contribution is -2.47. The van der Waals surface area contributed by atoms with Gasteiger partial charge in [0.25, 0.3) is 0 Å². The summed E-state index contributed by atoms with van der Waals surface area (Å²) in [4.78, 5) is 13.7. The van der Waals surface area contributed by atoms with Gasteiger partial charge in [0, 0.05) is 32.2 Å². The highest BCUT2D eigenvalue weighted by Gasteiger charge is 2.23. The summed E-state index contributed by atoms with van der Waals surface area (Å²) >= 11 is 4.29. The number of amides is 2. The molecule has 5 heteroatoms. The molecule has 0 aromatic carbocycles. The Morgan fingerprint density at radius 2 is 1.73 bits per heavy atom. The Balaban J connectivity index is 1.74. The van der Waals surface area contributed by atoms with Gasteiger partial charge in [-0.25, -0.2) is 4.79 Å². The molecular weight excluding hydrogens is 210 g/mol. The number of rotatable bonds is 1. The Kier molecular flexibility index (Phi) is 3.75. The second-order valence-electron chi connectivity index (χ2n) is 4.37. The van der Waals surface area contributed by atoms with Gasteiger partial charge in [-0.3, -0.25) is 4.31 Å². The van der Waals surface area contributed by atoms with Gasteiger partial charge in [0.05, 0.1) is 0 Å². The number of nitrogens with one attached hydrogen (secondary N) is 1. The van der Waals surface area contributed by atoms with E-state index in [0.717, 1.165) is 51.9 Å². The predicted molar refractivity (Wildman–Crippen MR) is 62.9 cm³/mol. The minimum absolute atomic E-state index is 0.130. The van der Waals surface area contributed by atoms with Crippen LogP contribution in [0.4, 0.5) is 4.79 Å². The summed E-state index contributed by atoms with van der Waals surface area (Å²) in [6, 6.07) is 0.478. The molecule has 2 aliphatic rings. The van der Waals surface area contributed by atoms with Crippen molar-refractivity contribution < 1.29 is 4.79 Å². The second kappa shape index (κ2) is 5.07. The smallest absolute Gasteiger partial charge is 0.317 e. The number of nitrogens with zero attached hydrogens (tertiary/aromatic N) is 2. The van der Waals surface area contributed by atoms with Crippen LogP contribution in [0.2, 0.25) is 0 Å². The summed E-state index contributed by atoms with van der Waals surface area (Å²) in [6.45, 7) is 3.79. The molecule has 1 N–H and O–H groups in total. The lowest BCUT2D eigenvalue weighted by molar-refractivity contribution is 0.198. The quantitative estimate of drug-likeness (QED) is 0.661. The Morgan fingerprint density at radius 1 is 1.13 bits per heavy atom. The first-order valence-electron chi connectivity index (χ1n) is 5.75. The number of likely N-dealkylation sites (tertiary alicyclic amines) is 1. The Bertz CT molecular complexity index is 223. The molecule has 15 heavy (non-hydrogen) atoms. The van der Waals surface area contributed by atoms with Crippen LogP contribution in [0.3, 0.4) is 0 Å². The maximum atomic E-state index is 11.8. The third-order valence-electron chi connectivity index (χ3n) is 3.19. The number of carbonyl (C=O) groups is 1. The fraction of sp³-hybridized carbons (Fsp3) is 0.900. The van der Waals surface area contributed by atoms with Crippen LogP contribution in [0, 0.1) is 0 Å². The van der Waals surface area contributed by atoms with Crippen molar-refractivity contribution in [1.29, 1.82) is 0 Å². The summed E-state index contributed by atoms with van der Waals surface area (Å²) in [5, 5.41) is 3.11. The number of urea groups is 1. The van der Waals surface area contributed by atoms with E-state index < -0.39 is 0 Å². The first-order valence-corrected chi connectivity index (χ1v) is 6.15. The van der Waals surface area contributed by atoms with E-state index in [1.807, 2.05) is 9.21 Å². The molecule has 2 heterocycles. The van der Waals surface area contributed by atoms with Crippen LogP contribution >= 0.6 is 12.8 Å². The van der Waals surface area contributed by atoms with Gasteiger partial charge in [-0.05, 0) is 25.7 Å². The molecule has 0 aromatic heterocycles. The van der Waals surface area contributed by atoms with Gasteiger partial charge in [-0.1, -0.05) is 12.8 Å². The summed E-state index contributed by atoms with van der Waals surface area (Å²) in [5.74, 6) is 0. The number of piperidine rings is 1. The molecule has 2 aliphatic heterocycles. The van der Waals surface area contributed by atoms with Crippen LogP contribution in [0.15, 0.2) is 0 Å². The topological polar surface area (TPSA) is 35.6 Å². The number of hydrogen-bond donors (Lipinski definition) is 2. The van der Waals surface area contributed by atoms with Gasteiger partial charge < -0.3 is 10.2 Å². The lowest BCUT2D eigenvalue weighted by Gasteiger charge is -2.30. The van der Waals surface area contributed by atoms with Crippen LogP contribution in [-0.2, 0) is 0 Å². The van der Waals surface area contributed by atoms with Crippen LogP contribution in [0.5, 0.6) is 0 Å². The van der Waals surface area contributed by atoms with Gasteiger partial charge in [-0.2, -0.15) is 0 Å². The van der Waals surface area contributed by atoms with Crippen molar-refractivity contribution in [3.8, 4) is 0 Å². The Labute approximate surface area is 96.5 Å². The first kappa shape index (κ1) is 11.1. The van der Waals surface area contributed by atoms with E-state index in [1.54, 1.807) is 0 Å². The van der Waals surface area contributed by atoms with Crippen molar-refractivity contribution in [3.05, 3.63) is 0 Å². The summed E-state index contributed by atoms with van der Waals surface area (Å²) < 4.78 is 2.01. The minimum Gasteiger partial charge on any atom is -0.335 e. The third kappa shape index (κ3) is 3.01. The van der Waals surface area contributed by atoms with Gasteiger partial charge in [-0.15, -0.1) is 0 Å². The van der Waals surface area contributed by atoms with Gasteiger partial charge >= 0.3 is 6.03 Å². The zero-order chi connectivity index (χ0) is 10.7. The molecule has 0 unspecified atom stereocenters. The highest BCUT2D eigenvalue weighted by atomic mass is 32.1. The summed E-state index contributed by atoms with van der Waals surface area (Å²) in [5.41, 5.74) is 0. The molecule has 0 aromatic rings. The monoisotopic (exact) mass is 229 g/mol. The van der Waals surface area contributed by atoms with E-state index in [4.69, 9.17) is 0 Å². The molecule has 0 saturated carbocycles. The molecule has 0 spiro atoms. The fourth-order valence-electron chi connectivity index (χ4n) is 2.20. The van der Waals surface area contributed by atoms with Crippen LogP contribution in [0.25, 0.3) is 0 Å². The predicted octanol–water partition coefficient (Wildman–Crippen LogP) is 1.10. The molecule has 0 atom stereocenters. The van der Waals surface area contributed by atoms with Crippen LogP contribution in [-0.4, -0.2) is 47.5 Å². The average molecular weight is 229 g/mol. The summed E-state index contributed by atoms with van der Waals surface area (Å²) in [7, 11) is 0. The molecule has 0 aliphatic carbocycles. The van der Waals surface area contributed by atoms with E-state index in [1.165, 1.54) is 0 Å². The Hall–Kier alpha value is -0.420. The van der Waals surface area contributed by atoms with E-state index >= 15 is 0 Å². The average Bonchev–Trinajstić information content (AvgIpc) is 2.74. The lowest BCUT2D eigenvalue weighted by atomic mass is 10.1. The molecule has 4 nitrogen and oxygen atoms in total. The van der Waals surface area contributed by atoms with Crippen molar-refractivity contribution in [2.75, 3.05) is 26.2 Å². The van der Waals surface area contributed by atoms with Gasteiger partial charge in [0.1, 0.15) is 0 Å². The Morgan fingerprint density at radius 3 is 2.33 bits per heavy atom. The fourth-order valence-corrected chi connectivity index (χ4v) is 2.43. The largest absolute Gasteiger partial charge is 0.335 e. The molecule has 2 rings (SSSR count). The maximum Gasteiger partial charge on any atom is 0.317 e. The minimum atomic E-state index is 0.130. The molecular formula is C10H19N3OS. The molecule has 0 radical (unpaired) electrons. The summed E-state index contributed by atoms with van der Waals surface area (Å²) in [6.07, 6.45) is 4.34. The van der Waals surface area contributed by atoms with Gasteiger partial charge in [0.2, 0.25) is 0 Å². The first-order chi connectivity index (χ1) is 7.25.